The van der Waals surface area contributed by atoms with Crippen molar-refractivity contribution in [2.24, 2.45) is 0 Å². The fraction of sp³-hybridized carbons (Fsp3) is 0.533. The number of rotatable bonds is 4. The van der Waals surface area contributed by atoms with Gasteiger partial charge in [0, 0.05) is 18.8 Å². The van der Waals surface area contributed by atoms with Crippen molar-refractivity contribution < 1.29 is 14.3 Å². The van der Waals surface area contributed by atoms with Crippen molar-refractivity contribution in [1.29, 1.82) is 0 Å². The van der Waals surface area contributed by atoms with Gasteiger partial charge in [-0.1, -0.05) is 12.8 Å². The Kier molecular flexibility index (Phi) is 5.09. The summed E-state index contributed by atoms with van der Waals surface area (Å²) in [5.41, 5.74) is 0.993. The van der Waals surface area contributed by atoms with E-state index in [-0.39, 0.29) is 18.2 Å². The third kappa shape index (κ3) is 3.79. The Morgan fingerprint density at radius 3 is 2.65 bits per heavy atom. The number of aromatic nitrogens is 1. The highest BCUT2D eigenvalue weighted by atomic mass is 16.5. The van der Waals surface area contributed by atoms with E-state index in [1.165, 1.54) is 12.8 Å². The highest BCUT2D eigenvalue weighted by Gasteiger charge is 2.16. The SMILES string of the molecule is Cc1ccc(OCC(=O)N2CCCCCC2)c(C=O)n1. The summed E-state index contributed by atoms with van der Waals surface area (Å²) in [6.45, 7) is 3.37. The molecule has 2 rings (SSSR count). The van der Waals surface area contributed by atoms with Crippen molar-refractivity contribution in [3.05, 3.63) is 23.5 Å². The second-order valence-electron chi connectivity index (χ2n) is 5.04. The largest absolute Gasteiger partial charge is 0.481 e. The van der Waals surface area contributed by atoms with Crippen molar-refractivity contribution >= 4 is 12.2 Å². The minimum Gasteiger partial charge on any atom is -0.481 e. The van der Waals surface area contributed by atoms with Crippen LogP contribution in [0, 0.1) is 6.92 Å². The minimum absolute atomic E-state index is 0.0238. The van der Waals surface area contributed by atoms with Gasteiger partial charge in [0.1, 0.15) is 11.4 Å². The molecule has 1 aromatic heterocycles. The van der Waals surface area contributed by atoms with E-state index in [1.807, 2.05) is 4.90 Å². The molecule has 0 atom stereocenters. The van der Waals surface area contributed by atoms with Crippen molar-refractivity contribution in [3.8, 4) is 5.75 Å². The van der Waals surface area contributed by atoms with E-state index in [9.17, 15) is 9.59 Å². The van der Waals surface area contributed by atoms with Crippen LogP contribution in [-0.4, -0.2) is 41.8 Å². The third-order valence-corrected chi connectivity index (χ3v) is 3.45. The molecule has 0 unspecified atom stereocenters. The first-order valence-corrected chi connectivity index (χ1v) is 7.04. The molecule has 5 heteroatoms. The average Bonchev–Trinajstić information content (AvgIpc) is 2.74. The molecule has 0 radical (unpaired) electrons. The van der Waals surface area contributed by atoms with Crippen LogP contribution in [-0.2, 0) is 4.79 Å². The van der Waals surface area contributed by atoms with Gasteiger partial charge < -0.3 is 9.64 Å². The number of amides is 1. The lowest BCUT2D eigenvalue weighted by Gasteiger charge is -2.20. The summed E-state index contributed by atoms with van der Waals surface area (Å²) >= 11 is 0. The first-order chi connectivity index (χ1) is 9.70. The Hall–Kier alpha value is -1.91. The lowest BCUT2D eigenvalue weighted by Crippen LogP contribution is -2.35. The van der Waals surface area contributed by atoms with Crippen molar-refractivity contribution in [1.82, 2.24) is 9.88 Å². The molecule has 5 nitrogen and oxygen atoms in total. The van der Waals surface area contributed by atoms with Crippen molar-refractivity contribution in [2.75, 3.05) is 19.7 Å². The zero-order valence-corrected chi connectivity index (χ0v) is 11.8. The van der Waals surface area contributed by atoms with E-state index < -0.39 is 0 Å². The monoisotopic (exact) mass is 276 g/mol. The molecular formula is C15H20N2O3. The average molecular weight is 276 g/mol. The lowest BCUT2D eigenvalue weighted by molar-refractivity contribution is -0.133. The number of likely N-dealkylation sites (tertiary alicyclic amines) is 1. The molecule has 1 aliphatic rings. The molecule has 1 amide bonds. The maximum atomic E-state index is 12.1. The van der Waals surface area contributed by atoms with Gasteiger partial charge in [-0.05, 0) is 31.9 Å². The number of aryl methyl sites for hydroxylation is 1. The molecule has 1 saturated heterocycles. The van der Waals surface area contributed by atoms with Crippen LogP contribution >= 0.6 is 0 Å². The van der Waals surface area contributed by atoms with Crippen molar-refractivity contribution in [3.63, 3.8) is 0 Å². The van der Waals surface area contributed by atoms with Crippen LogP contribution in [0.3, 0.4) is 0 Å². The number of aldehydes is 1. The molecule has 0 aromatic carbocycles. The second kappa shape index (κ2) is 7.03. The summed E-state index contributed by atoms with van der Waals surface area (Å²) in [4.78, 5) is 28.9. The maximum absolute atomic E-state index is 12.1. The normalized spacial score (nSPS) is 15.6. The Labute approximate surface area is 118 Å². The maximum Gasteiger partial charge on any atom is 0.260 e. The molecule has 1 fully saturated rings. The number of pyridine rings is 1. The molecule has 1 aliphatic heterocycles. The van der Waals surface area contributed by atoms with Crippen LogP contribution < -0.4 is 4.74 Å². The van der Waals surface area contributed by atoms with Crippen LogP contribution in [0.5, 0.6) is 5.75 Å². The third-order valence-electron chi connectivity index (χ3n) is 3.45. The van der Waals surface area contributed by atoms with Crippen molar-refractivity contribution in [2.45, 2.75) is 32.6 Å². The van der Waals surface area contributed by atoms with Crippen LogP contribution in [0.15, 0.2) is 12.1 Å². The summed E-state index contributed by atoms with van der Waals surface area (Å²) in [5, 5.41) is 0. The summed E-state index contributed by atoms with van der Waals surface area (Å²) in [5.74, 6) is 0.345. The summed E-state index contributed by atoms with van der Waals surface area (Å²) in [7, 11) is 0. The van der Waals surface area contributed by atoms with E-state index in [1.54, 1.807) is 19.1 Å². The van der Waals surface area contributed by atoms with Gasteiger partial charge in [0.15, 0.2) is 12.9 Å². The van der Waals surface area contributed by atoms with E-state index in [4.69, 9.17) is 4.74 Å². The van der Waals surface area contributed by atoms with E-state index in [0.29, 0.717) is 12.0 Å². The summed E-state index contributed by atoms with van der Waals surface area (Å²) in [6.07, 6.45) is 5.12. The van der Waals surface area contributed by atoms with E-state index >= 15 is 0 Å². The molecule has 0 saturated carbocycles. The highest BCUT2D eigenvalue weighted by molar-refractivity contribution is 5.79. The lowest BCUT2D eigenvalue weighted by atomic mass is 10.2. The first kappa shape index (κ1) is 14.5. The zero-order chi connectivity index (χ0) is 14.4. The summed E-state index contributed by atoms with van der Waals surface area (Å²) < 4.78 is 5.45. The number of nitrogens with zero attached hydrogens (tertiary/aromatic N) is 2. The predicted octanol–water partition coefficient (Wildman–Crippen LogP) is 1.98. The molecule has 1 aromatic rings. The number of hydrogen-bond acceptors (Lipinski definition) is 4. The fourth-order valence-corrected chi connectivity index (χ4v) is 2.32. The molecule has 0 spiro atoms. The number of carbonyl (C=O) groups excluding carboxylic acids is 2. The van der Waals surface area contributed by atoms with Crippen LogP contribution in [0.25, 0.3) is 0 Å². The minimum atomic E-state index is -0.0361. The molecule has 2 heterocycles. The Balaban J connectivity index is 1.94. The molecule has 0 bridgehead atoms. The smallest absolute Gasteiger partial charge is 0.260 e. The van der Waals surface area contributed by atoms with Crippen LogP contribution in [0.4, 0.5) is 0 Å². The Bertz CT molecular complexity index is 480. The van der Waals surface area contributed by atoms with Gasteiger partial charge >= 0.3 is 0 Å². The number of ether oxygens (including phenoxy) is 1. The second-order valence-corrected chi connectivity index (χ2v) is 5.04. The van der Waals surface area contributed by atoms with E-state index in [0.717, 1.165) is 31.6 Å². The van der Waals surface area contributed by atoms with Gasteiger partial charge in [-0.25, -0.2) is 4.98 Å². The standard InChI is InChI=1S/C15H20N2O3/c1-12-6-7-14(13(10-18)16-12)20-11-15(19)17-8-4-2-3-5-9-17/h6-7,10H,2-5,8-9,11H2,1H3. The molecule has 20 heavy (non-hydrogen) atoms. The quantitative estimate of drug-likeness (QED) is 0.789. The highest BCUT2D eigenvalue weighted by Crippen LogP contribution is 2.16. The molecular weight excluding hydrogens is 256 g/mol. The van der Waals surface area contributed by atoms with Gasteiger partial charge in [0.25, 0.3) is 5.91 Å². The molecule has 108 valence electrons. The topological polar surface area (TPSA) is 59.5 Å². The molecule has 0 aliphatic carbocycles. The van der Waals surface area contributed by atoms with Gasteiger partial charge in [-0.15, -0.1) is 0 Å². The Morgan fingerprint density at radius 2 is 2.00 bits per heavy atom. The zero-order valence-electron chi connectivity index (χ0n) is 11.8. The van der Waals surface area contributed by atoms with Crippen LogP contribution in [0.2, 0.25) is 0 Å². The van der Waals surface area contributed by atoms with Gasteiger partial charge in [-0.3, -0.25) is 9.59 Å². The predicted molar refractivity (Wildman–Crippen MR) is 74.9 cm³/mol. The van der Waals surface area contributed by atoms with Crippen LogP contribution in [0.1, 0.15) is 41.9 Å². The first-order valence-electron chi connectivity index (χ1n) is 7.04. The van der Waals surface area contributed by atoms with Gasteiger partial charge in [0.05, 0.1) is 0 Å². The Morgan fingerprint density at radius 1 is 1.30 bits per heavy atom. The summed E-state index contributed by atoms with van der Waals surface area (Å²) in [6, 6.07) is 3.44. The molecule has 0 N–H and O–H groups in total. The van der Waals surface area contributed by atoms with E-state index in [2.05, 4.69) is 4.98 Å². The number of carbonyl (C=O) groups is 2. The number of hydrogen-bond donors (Lipinski definition) is 0. The van der Waals surface area contributed by atoms with Gasteiger partial charge in [-0.2, -0.15) is 0 Å². The fourth-order valence-electron chi connectivity index (χ4n) is 2.32. The van der Waals surface area contributed by atoms with Gasteiger partial charge in [0.2, 0.25) is 0 Å².